The number of morpholine rings is 1. The van der Waals surface area contributed by atoms with Gasteiger partial charge >= 0.3 is 0 Å². The zero-order chi connectivity index (χ0) is 14.7. The van der Waals surface area contributed by atoms with E-state index in [0.717, 1.165) is 17.7 Å². The highest BCUT2D eigenvalue weighted by molar-refractivity contribution is 5.95. The van der Waals surface area contributed by atoms with Crippen LogP contribution in [0, 0.1) is 0 Å². The molecule has 1 aromatic rings. The molecule has 1 saturated heterocycles. The minimum absolute atomic E-state index is 0.117. The Hall–Kier alpha value is -1.36. The van der Waals surface area contributed by atoms with Crippen LogP contribution in [-0.4, -0.2) is 46.8 Å². The Morgan fingerprint density at radius 1 is 1.43 bits per heavy atom. The molecule has 5 nitrogen and oxygen atoms in total. The summed E-state index contributed by atoms with van der Waals surface area (Å²) in [5.41, 5.74) is 1.83. The van der Waals surface area contributed by atoms with Crippen molar-refractivity contribution < 1.29 is 9.53 Å². The molecule has 1 atom stereocenters. The van der Waals surface area contributed by atoms with Gasteiger partial charge in [0.25, 0.3) is 5.91 Å². The Balaban J connectivity index is 1.74. The van der Waals surface area contributed by atoms with Gasteiger partial charge in [0.15, 0.2) is 0 Å². The van der Waals surface area contributed by atoms with E-state index in [1.54, 1.807) is 6.20 Å². The van der Waals surface area contributed by atoms with Crippen molar-refractivity contribution in [1.29, 1.82) is 0 Å². The van der Waals surface area contributed by atoms with Crippen LogP contribution in [0.5, 0.6) is 0 Å². The number of ether oxygens (including phenoxy) is 1. The van der Waals surface area contributed by atoms with E-state index in [1.165, 1.54) is 32.1 Å². The summed E-state index contributed by atoms with van der Waals surface area (Å²) >= 11 is 0. The lowest BCUT2D eigenvalue weighted by molar-refractivity contribution is -0.0226. The van der Waals surface area contributed by atoms with Gasteiger partial charge in [0.05, 0.1) is 30.2 Å². The first kappa shape index (κ1) is 14.6. The Kier molecular flexibility index (Phi) is 4.58. The number of nitrogens with zero attached hydrogens (tertiary/aromatic N) is 2. The molecule has 1 saturated carbocycles. The average Bonchev–Trinajstić information content (AvgIpc) is 3.04. The Morgan fingerprint density at radius 2 is 2.24 bits per heavy atom. The Bertz CT molecular complexity index is 480. The third-order valence-corrected chi connectivity index (χ3v) is 4.79. The number of aromatic nitrogens is 2. The van der Waals surface area contributed by atoms with Crippen molar-refractivity contribution in [2.45, 2.75) is 57.5 Å². The predicted octanol–water partition coefficient (Wildman–Crippen LogP) is 2.71. The maximum atomic E-state index is 12.8. The van der Waals surface area contributed by atoms with Crippen LogP contribution in [0.3, 0.4) is 0 Å². The molecule has 1 aliphatic heterocycles. The number of carbonyl (C=O) groups is 1. The SMILES string of the molecule is CCC1CN(C(=O)c2cn[nH]c2C2CCCCC2)CCO1. The van der Waals surface area contributed by atoms with E-state index in [4.69, 9.17) is 4.74 Å². The number of rotatable bonds is 3. The number of H-pyrrole nitrogens is 1. The summed E-state index contributed by atoms with van der Waals surface area (Å²) in [4.78, 5) is 14.7. The molecule has 116 valence electrons. The highest BCUT2D eigenvalue weighted by atomic mass is 16.5. The molecular weight excluding hydrogens is 266 g/mol. The van der Waals surface area contributed by atoms with Gasteiger partial charge < -0.3 is 9.64 Å². The van der Waals surface area contributed by atoms with Crippen LogP contribution in [0.15, 0.2) is 6.20 Å². The topological polar surface area (TPSA) is 58.2 Å². The average molecular weight is 291 g/mol. The first-order valence-corrected chi connectivity index (χ1v) is 8.23. The van der Waals surface area contributed by atoms with E-state index >= 15 is 0 Å². The van der Waals surface area contributed by atoms with Gasteiger partial charge in [-0.25, -0.2) is 0 Å². The minimum Gasteiger partial charge on any atom is -0.375 e. The fourth-order valence-corrected chi connectivity index (χ4v) is 3.49. The highest BCUT2D eigenvalue weighted by Crippen LogP contribution is 2.33. The molecule has 0 spiro atoms. The summed E-state index contributed by atoms with van der Waals surface area (Å²) in [5.74, 6) is 0.592. The van der Waals surface area contributed by atoms with Crippen molar-refractivity contribution in [3.63, 3.8) is 0 Å². The van der Waals surface area contributed by atoms with Crippen molar-refractivity contribution in [2.75, 3.05) is 19.7 Å². The lowest BCUT2D eigenvalue weighted by Gasteiger charge is -2.33. The largest absolute Gasteiger partial charge is 0.375 e. The van der Waals surface area contributed by atoms with E-state index < -0.39 is 0 Å². The monoisotopic (exact) mass is 291 g/mol. The van der Waals surface area contributed by atoms with Gasteiger partial charge in [0.1, 0.15) is 0 Å². The number of carbonyl (C=O) groups excluding carboxylic acids is 1. The normalized spacial score (nSPS) is 24.2. The Morgan fingerprint density at radius 3 is 3.00 bits per heavy atom. The lowest BCUT2D eigenvalue weighted by Crippen LogP contribution is -2.45. The van der Waals surface area contributed by atoms with Crippen molar-refractivity contribution in [2.24, 2.45) is 0 Å². The predicted molar refractivity (Wildman–Crippen MR) is 80.3 cm³/mol. The van der Waals surface area contributed by atoms with Gasteiger partial charge in [-0.2, -0.15) is 5.10 Å². The first-order valence-electron chi connectivity index (χ1n) is 8.23. The second-order valence-electron chi connectivity index (χ2n) is 6.18. The summed E-state index contributed by atoms with van der Waals surface area (Å²) in [5, 5.41) is 7.24. The quantitative estimate of drug-likeness (QED) is 0.931. The second kappa shape index (κ2) is 6.60. The molecular formula is C16H25N3O2. The second-order valence-corrected chi connectivity index (χ2v) is 6.18. The number of aromatic amines is 1. The van der Waals surface area contributed by atoms with E-state index in [-0.39, 0.29) is 12.0 Å². The molecule has 2 aliphatic rings. The molecule has 0 bridgehead atoms. The molecule has 0 radical (unpaired) electrons. The third kappa shape index (κ3) is 3.12. The van der Waals surface area contributed by atoms with E-state index in [0.29, 0.717) is 25.6 Å². The van der Waals surface area contributed by atoms with Crippen LogP contribution in [0.25, 0.3) is 0 Å². The molecule has 3 rings (SSSR count). The van der Waals surface area contributed by atoms with Gasteiger partial charge in [-0.1, -0.05) is 26.2 Å². The van der Waals surface area contributed by atoms with Crippen LogP contribution in [-0.2, 0) is 4.74 Å². The molecule has 2 heterocycles. The molecule has 1 aromatic heterocycles. The summed E-state index contributed by atoms with van der Waals surface area (Å²) in [6, 6.07) is 0. The summed E-state index contributed by atoms with van der Waals surface area (Å²) in [6.07, 6.45) is 9.00. The van der Waals surface area contributed by atoms with Crippen molar-refractivity contribution in [1.82, 2.24) is 15.1 Å². The third-order valence-electron chi connectivity index (χ3n) is 4.79. The molecule has 2 fully saturated rings. The summed E-state index contributed by atoms with van der Waals surface area (Å²) in [7, 11) is 0. The van der Waals surface area contributed by atoms with Crippen LogP contribution < -0.4 is 0 Å². The first-order chi connectivity index (χ1) is 10.3. The zero-order valence-electron chi connectivity index (χ0n) is 12.8. The highest BCUT2D eigenvalue weighted by Gasteiger charge is 2.29. The van der Waals surface area contributed by atoms with Gasteiger partial charge in [0.2, 0.25) is 0 Å². The number of nitrogens with one attached hydrogen (secondary N) is 1. The standard InChI is InChI=1S/C16H25N3O2/c1-2-13-11-19(8-9-21-13)16(20)14-10-17-18-15(14)12-6-4-3-5-7-12/h10,12-13H,2-9,11H2,1H3,(H,17,18). The molecule has 0 aromatic carbocycles. The van der Waals surface area contributed by atoms with Gasteiger partial charge in [-0.15, -0.1) is 0 Å². The molecule has 5 heteroatoms. The van der Waals surface area contributed by atoms with E-state index in [1.807, 2.05) is 4.90 Å². The smallest absolute Gasteiger partial charge is 0.257 e. The maximum Gasteiger partial charge on any atom is 0.257 e. The fraction of sp³-hybridized carbons (Fsp3) is 0.750. The van der Waals surface area contributed by atoms with E-state index in [2.05, 4.69) is 17.1 Å². The molecule has 1 unspecified atom stereocenters. The minimum atomic E-state index is 0.117. The van der Waals surface area contributed by atoms with Gasteiger partial charge in [0, 0.05) is 19.0 Å². The molecule has 1 N–H and O–H groups in total. The number of amides is 1. The van der Waals surface area contributed by atoms with Crippen LogP contribution in [0.2, 0.25) is 0 Å². The van der Waals surface area contributed by atoms with Gasteiger partial charge in [-0.05, 0) is 19.3 Å². The van der Waals surface area contributed by atoms with Crippen molar-refractivity contribution in [3.8, 4) is 0 Å². The molecule has 1 aliphatic carbocycles. The Labute approximate surface area is 126 Å². The van der Waals surface area contributed by atoms with Crippen molar-refractivity contribution >= 4 is 5.91 Å². The van der Waals surface area contributed by atoms with Gasteiger partial charge in [-0.3, -0.25) is 9.89 Å². The summed E-state index contributed by atoms with van der Waals surface area (Å²) < 4.78 is 5.65. The maximum absolute atomic E-state index is 12.8. The number of hydrogen-bond donors (Lipinski definition) is 1. The zero-order valence-corrected chi connectivity index (χ0v) is 12.8. The molecule has 1 amide bonds. The lowest BCUT2D eigenvalue weighted by atomic mass is 9.85. The molecule has 21 heavy (non-hydrogen) atoms. The van der Waals surface area contributed by atoms with Crippen LogP contribution in [0.4, 0.5) is 0 Å². The van der Waals surface area contributed by atoms with Crippen LogP contribution in [0.1, 0.15) is 67.4 Å². The summed E-state index contributed by atoms with van der Waals surface area (Å²) in [6.45, 7) is 4.13. The van der Waals surface area contributed by atoms with E-state index in [9.17, 15) is 4.79 Å². The van der Waals surface area contributed by atoms with Crippen molar-refractivity contribution in [3.05, 3.63) is 17.5 Å². The van der Waals surface area contributed by atoms with Crippen LogP contribution >= 0.6 is 0 Å². The number of hydrogen-bond acceptors (Lipinski definition) is 3. The fourth-order valence-electron chi connectivity index (χ4n) is 3.49.